The minimum atomic E-state index is -0.497. The first-order chi connectivity index (χ1) is 10.6. The fourth-order valence-electron chi connectivity index (χ4n) is 1.95. The Balaban J connectivity index is 2.53. The van der Waals surface area contributed by atoms with Gasteiger partial charge in [-0.2, -0.15) is 0 Å². The quantitative estimate of drug-likeness (QED) is 0.718. The summed E-state index contributed by atoms with van der Waals surface area (Å²) in [5.41, 5.74) is 0.518. The molecule has 0 aromatic heterocycles. The first kappa shape index (κ1) is 20.3. The van der Waals surface area contributed by atoms with E-state index in [1.807, 2.05) is 39.0 Å². The summed E-state index contributed by atoms with van der Waals surface area (Å²) in [6, 6.07) is 5.74. The highest BCUT2D eigenvalue weighted by atomic mass is 79.9. The predicted octanol–water partition coefficient (Wildman–Crippen LogP) is 4.74. The van der Waals surface area contributed by atoms with Gasteiger partial charge in [-0.25, -0.2) is 4.79 Å². The van der Waals surface area contributed by atoms with Crippen LogP contribution in [0.15, 0.2) is 22.7 Å². The molecule has 1 amide bonds. The van der Waals surface area contributed by atoms with Gasteiger partial charge in [-0.05, 0) is 50.5 Å². The van der Waals surface area contributed by atoms with Gasteiger partial charge in [0.05, 0.1) is 0 Å². The first-order valence-corrected chi connectivity index (χ1v) is 8.89. The minimum absolute atomic E-state index is 0.0178. The van der Waals surface area contributed by atoms with Crippen molar-refractivity contribution in [1.82, 2.24) is 10.6 Å². The fraction of sp³-hybridized carbons (Fsp3) is 0.588. The van der Waals surface area contributed by atoms with Crippen LogP contribution < -0.4 is 10.6 Å². The number of rotatable bonds is 6. The van der Waals surface area contributed by atoms with Crippen molar-refractivity contribution in [2.75, 3.05) is 6.54 Å². The van der Waals surface area contributed by atoms with Crippen LogP contribution in [0.25, 0.3) is 0 Å². The van der Waals surface area contributed by atoms with Crippen LogP contribution >= 0.6 is 27.5 Å². The zero-order valence-corrected chi connectivity index (χ0v) is 16.7. The summed E-state index contributed by atoms with van der Waals surface area (Å²) in [6.07, 6.45) is -0.390. The molecule has 1 rings (SSSR count). The van der Waals surface area contributed by atoms with E-state index in [0.29, 0.717) is 13.1 Å². The summed E-state index contributed by atoms with van der Waals surface area (Å²) in [4.78, 5) is 11.9. The lowest BCUT2D eigenvalue weighted by atomic mass is 10.0. The molecule has 0 aliphatic carbocycles. The maximum atomic E-state index is 11.9. The minimum Gasteiger partial charge on any atom is -0.444 e. The van der Waals surface area contributed by atoms with Crippen LogP contribution in [0.4, 0.5) is 4.79 Å². The van der Waals surface area contributed by atoms with Crippen molar-refractivity contribution in [3.63, 3.8) is 0 Å². The van der Waals surface area contributed by atoms with Gasteiger partial charge in [0, 0.05) is 28.6 Å². The molecule has 0 saturated heterocycles. The van der Waals surface area contributed by atoms with Gasteiger partial charge in [-0.1, -0.05) is 41.4 Å². The molecule has 2 N–H and O–H groups in total. The van der Waals surface area contributed by atoms with E-state index in [1.54, 1.807) is 0 Å². The largest absolute Gasteiger partial charge is 0.444 e. The van der Waals surface area contributed by atoms with Crippen LogP contribution in [0.1, 0.15) is 40.2 Å². The van der Waals surface area contributed by atoms with Gasteiger partial charge in [0.1, 0.15) is 5.60 Å². The third kappa shape index (κ3) is 8.04. The Hall–Kier alpha value is -0.780. The average molecular weight is 406 g/mol. The summed E-state index contributed by atoms with van der Waals surface area (Å²) in [5, 5.41) is 6.99. The highest BCUT2D eigenvalue weighted by molar-refractivity contribution is 9.10. The molecule has 0 aliphatic rings. The SMILES string of the molecule is CC(C)C(CNCc1cc(Br)ccc1Cl)NC(=O)OC(C)(C)C. The second kappa shape index (κ2) is 8.90. The number of carbonyl (C=O) groups is 1. The molecule has 130 valence electrons. The molecule has 23 heavy (non-hydrogen) atoms. The lowest BCUT2D eigenvalue weighted by Crippen LogP contribution is -2.46. The van der Waals surface area contributed by atoms with Crippen LogP contribution in [0.2, 0.25) is 5.02 Å². The molecule has 0 saturated carbocycles. The van der Waals surface area contributed by atoms with Gasteiger partial charge >= 0.3 is 6.09 Å². The molecule has 0 bridgehead atoms. The van der Waals surface area contributed by atoms with Crippen LogP contribution in [0.5, 0.6) is 0 Å². The third-order valence-corrected chi connectivity index (χ3v) is 4.06. The molecular weight excluding hydrogens is 380 g/mol. The van der Waals surface area contributed by atoms with E-state index in [0.717, 1.165) is 15.1 Å². The molecule has 0 spiro atoms. The molecule has 1 aromatic carbocycles. The van der Waals surface area contributed by atoms with Gasteiger partial charge in [0.15, 0.2) is 0 Å². The zero-order chi connectivity index (χ0) is 17.6. The number of amides is 1. The highest BCUT2D eigenvalue weighted by Crippen LogP contribution is 2.20. The number of nitrogens with one attached hydrogen (secondary N) is 2. The second-order valence-corrected chi connectivity index (χ2v) is 8.19. The number of ether oxygens (including phenoxy) is 1. The maximum absolute atomic E-state index is 11.9. The van der Waals surface area contributed by atoms with Crippen LogP contribution in [0, 0.1) is 5.92 Å². The number of benzene rings is 1. The number of hydrogen-bond donors (Lipinski definition) is 2. The van der Waals surface area contributed by atoms with Crippen LogP contribution in [-0.2, 0) is 11.3 Å². The summed E-state index contributed by atoms with van der Waals surface area (Å²) < 4.78 is 6.30. The summed E-state index contributed by atoms with van der Waals surface area (Å²) >= 11 is 9.62. The number of hydrogen-bond acceptors (Lipinski definition) is 3. The molecule has 1 unspecified atom stereocenters. The molecule has 0 aliphatic heterocycles. The van der Waals surface area contributed by atoms with Crippen molar-refractivity contribution < 1.29 is 9.53 Å². The number of alkyl carbamates (subject to hydrolysis) is 1. The van der Waals surface area contributed by atoms with E-state index in [-0.39, 0.29) is 12.0 Å². The molecule has 4 nitrogen and oxygen atoms in total. The average Bonchev–Trinajstić information content (AvgIpc) is 2.39. The standard InChI is InChI=1S/C17H26BrClN2O2/c1-11(2)15(21-16(22)23-17(3,4)5)10-20-9-12-8-13(18)6-7-14(12)19/h6-8,11,15,20H,9-10H2,1-5H3,(H,21,22). The summed E-state index contributed by atoms with van der Waals surface area (Å²) in [5.74, 6) is 0.285. The van der Waals surface area contributed by atoms with E-state index >= 15 is 0 Å². The van der Waals surface area contributed by atoms with Crippen molar-refractivity contribution in [2.24, 2.45) is 5.92 Å². The normalized spacial score (nSPS) is 13.0. The molecule has 0 fully saturated rings. The summed E-state index contributed by atoms with van der Waals surface area (Å²) in [7, 11) is 0. The molecule has 6 heteroatoms. The van der Waals surface area contributed by atoms with E-state index in [1.165, 1.54) is 0 Å². The highest BCUT2D eigenvalue weighted by Gasteiger charge is 2.21. The lowest BCUT2D eigenvalue weighted by molar-refractivity contribution is 0.0490. The van der Waals surface area contributed by atoms with E-state index < -0.39 is 11.7 Å². The second-order valence-electron chi connectivity index (χ2n) is 6.86. The monoisotopic (exact) mass is 404 g/mol. The van der Waals surface area contributed by atoms with Gasteiger partial charge in [-0.15, -0.1) is 0 Å². The van der Waals surface area contributed by atoms with E-state index in [2.05, 4.69) is 40.4 Å². The van der Waals surface area contributed by atoms with Crippen molar-refractivity contribution >= 4 is 33.6 Å². The van der Waals surface area contributed by atoms with Crippen LogP contribution in [-0.4, -0.2) is 24.3 Å². The topological polar surface area (TPSA) is 50.4 Å². The van der Waals surface area contributed by atoms with Gasteiger partial charge < -0.3 is 15.4 Å². The van der Waals surface area contributed by atoms with Crippen molar-refractivity contribution in [3.8, 4) is 0 Å². The molecule has 1 atom stereocenters. The Bertz CT molecular complexity index is 530. The van der Waals surface area contributed by atoms with Crippen LogP contribution in [0.3, 0.4) is 0 Å². The van der Waals surface area contributed by atoms with Crippen molar-refractivity contribution in [3.05, 3.63) is 33.3 Å². The summed E-state index contributed by atoms with van der Waals surface area (Å²) in [6.45, 7) is 11.0. The zero-order valence-electron chi connectivity index (χ0n) is 14.4. The van der Waals surface area contributed by atoms with Crippen molar-refractivity contribution in [2.45, 2.75) is 52.8 Å². The number of halogens is 2. The number of carbonyl (C=O) groups excluding carboxylic acids is 1. The Morgan fingerprint density at radius 3 is 2.57 bits per heavy atom. The first-order valence-electron chi connectivity index (χ1n) is 7.72. The van der Waals surface area contributed by atoms with Crippen molar-refractivity contribution in [1.29, 1.82) is 0 Å². The predicted molar refractivity (Wildman–Crippen MR) is 98.9 cm³/mol. The Morgan fingerprint density at radius 2 is 2.00 bits per heavy atom. The molecular formula is C17H26BrClN2O2. The molecule has 1 aromatic rings. The molecule has 0 heterocycles. The Morgan fingerprint density at radius 1 is 1.35 bits per heavy atom. The third-order valence-electron chi connectivity index (χ3n) is 3.19. The van der Waals surface area contributed by atoms with Gasteiger partial charge in [-0.3, -0.25) is 0 Å². The Kier molecular flexibility index (Phi) is 7.84. The van der Waals surface area contributed by atoms with E-state index in [9.17, 15) is 4.79 Å². The smallest absolute Gasteiger partial charge is 0.407 e. The molecule has 0 radical (unpaired) electrons. The van der Waals surface area contributed by atoms with Gasteiger partial charge in [0.2, 0.25) is 0 Å². The Labute approximate surface area is 152 Å². The maximum Gasteiger partial charge on any atom is 0.407 e. The van der Waals surface area contributed by atoms with E-state index in [4.69, 9.17) is 16.3 Å². The lowest BCUT2D eigenvalue weighted by Gasteiger charge is -2.26. The van der Waals surface area contributed by atoms with Gasteiger partial charge in [0.25, 0.3) is 0 Å². The fourth-order valence-corrected chi connectivity index (χ4v) is 2.55.